The van der Waals surface area contributed by atoms with Crippen molar-refractivity contribution in [3.63, 3.8) is 0 Å². The lowest BCUT2D eigenvalue weighted by Crippen LogP contribution is -2.03. The monoisotopic (exact) mass is 355 g/mol. The lowest BCUT2D eigenvalue weighted by molar-refractivity contribution is 0.468. The fraction of sp³-hybridized carbons (Fsp3) is 0.524. The van der Waals surface area contributed by atoms with Gasteiger partial charge in [-0.1, -0.05) is 95.6 Å². The maximum atomic E-state index is 9.85. The SMILES string of the molecule is C=C/C=C(\C)c1ccc(CCNP)c(O)c1.CC.CC.CC.CC. The van der Waals surface area contributed by atoms with E-state index in [9.17, 15) is 5.11 Å². The average molecular weight is 356 g/mol. The van der Waals surface area contributed by atoms with Crippen LogP contribution < -0.4 is 5.09 Å². The minimum atomic E-state index is 0.356. The molecular weight excluding hydrogens is 313 g/mol. The Bertz CT molecular complexity index is 401. The third-order valence-electron chi connectivity index (χ3n) is 2.45. The van der Waals surface area contributed by atoms with Gasteiger partial charge in [0.05, 0.1) is 0 Å². The van der Waals surface area contributed by atoms with Crippen molar-refractivity contribution in [1.29, 1.82) is 0 Å². The average Bonchev–Trinajstić information content (AvgIpc) is 2.67. The summed E-state index contributed by atoms with van der Waals surface area (Å²) in [6.45, 7) is 22.5. The summed E-state index contributed by atoms with van der Waals surface area (Å²) in [6.07, 6.45) is 4.50. The molecule has 0 aromatic heterocycles. The summed E-state index contributed by atoms with van der Waals surface area (Å²) in [5.74, 6) is 0.356. The Balaban J connectivity index is -0.000000218. The van der Waals surface area contributed by atoms with Crippen molar-refractivity contribution in [2.24, 2.45) is 0 Å². The molecule has 0 saturated carbocycles. The summed E-state index contributed by atoms with van der Waals surface area (Å²) in [6, 6.07) is 5.79. The number of phenolic OH excluding ortho intramolecular Hbond substituents is 1. The number of hydrogen-bond donors (Lipinski definition) is 2. The normalized spacial score (nSPS) is 8.67. The van der Waals surface area contributed by atoms with E-state index in [-0.39, 0.29) is 0 Å². The lowest BCUT2D eigenvalue weighted by Gasteiger charge is -2.07. The first-order chi connectivity index (χ1) is 11.7. The van der Waals surface area contributed by atoms with Crippen LogP contribution in [0.5, 0.6) is 5.75 Å². The lowest BCUT2D eigenvalue weighted by atomic mass is 10.0. The molecule has 1 aromatic rings. The van der Waals surface area contributed by atoms with Crippen LogP contribution in [-0.4, -0.2) is 11.7 Å². The van der Waals surface area contributed by atoms with Crippen LogP contribution in [-0.2, 0) is 6.42 Å². The molecule has 0 heterocycles. The van der Waals surface area contributed by atoms with Gasteiger partial charge < -0.3 is 10.2 Å². The third-order valence-corrected chi connectivity index (χ3v) is 2.74. The molecule has 0 amide bonds. The number of aromatic hydroxyl groups is 1. The van der Waals surface area contributed by atoms with Gasteiger partial charge >= 0.3 is 0 Å². The molecule has 2 nitrogen and oxygen atoms in total. The third kappa shape index (κ3) is 15.8. The van der Waals surface area contributed by atoms with E-state index >= 15 is 0 Å². The van der Waals surface area contributed by atoms with Crippen LogP contribution in [0.3, 0.4) is 0 Å². The Hall–Kier alpha value is -1.11. The Morgan fingerprint density at radius 3 is 1.96 bits per heavy atom. The van der Waals surface area contributed by atoms with E-state index in [1.165, 1.54) is 0 Å². The van der Waals surface area contributed by atoms with Gasteiger partial charge in [-0.15, -0.1) is 0 Å². The zero-order chi connectivity index (χ0) is 20.0. The van der Waals surface area contributed by atoms with Gasteiger partial charge in [0, 0.05) is 6.54 Å². The maximum Gasteiger partial charge on any atom is 0.119 e. The Morgan fingerprint density at radius 2 is 1.58 bits per heavy atom. The fourth-order valence-electron chi connectivity index (χ4n) is 1.50. The molecule has 0 fully saturated rings. The number of benzene rings is 1. The summed E-state index contributed by atoms with van der Waals surface area (Å²) in [5, 5.41) is 12.8. The van der Waals surface area contributed by atoms with Crippen molar-refractivity contribution < 1.29 is 5.11 Å². The second-order valence-electron chi connectivity index (χ2n) is 3.63. The summed E-state index contributed by atoms with van der Waals surface area (Å²) in [5.41, 5.74) is 3.09. The van der Waals surface area contributed by atoms with Gasteiger partial charge in [-0.05, 0) is 36.1 Å². The van der Waals surface area contributed by atoms with Crippen molar-refractivity contribution >= 4 is 15.0 Å². The zero-order valence-electron chi connectivity index (χ0n) is 17.5. The molecule has 0 aliphatic carbocycles. The van der Waals surface area contributed by atoms with Crippen LogP contribution >= 0.6 is 9.39 Å². The predicted molar refractivity (Wildman–Crippen MR) is 119 cm³/mol. The summed E-state index contributed by atoms with van der Waals surface area (Å²) < 4.78 is 0. The molecule has 0 radical (unpaired) electrons. The van der Waals surface area contributed by atoms with E-state index in [0.29, 0.717) is 5.75 Å². The van der Waals surface area contributed by atoms with Crippen molar-refractivity contribution in [3.05, 3.63) is 48.1 Å². The van der Waals surface area contributed by atoms with Crippen LogP contribution in [0.25, 0.3) is 5.57 Å². The molecule has 1 atom stereocenters. The highest BCUT2D eigenvalue weighted by Crippen LogP contribution is 2.23. The first-order valence-electron chi connectivity index (χ1n) is 9.24. The highest BCUT2D eigenvalue weighted by Gasteiger charge is 2.03. The smallest absolute Gasteiger partial charge is 0.119 e. The quantitative estimate of drug-likeness (QED) is 0.440. The van der Waals surface area contributed by atoms with Crippen LogP contribution in [0, 0.1) is 0 Å². The molecule has 0 bridgehead atoms. The van der Waals surface area contributed by atoms with Gasteiger partial charge in [-0.3, -0.25) is 0 Å². The number of nitrogens with one attached hydrogen (secondary N) is 1. The van der Waals surface area contributed by atoms with Crippen LogP contribution in [0.4, 0.5) is 0 Å². The van der Waals surface area contributed by atoms with Gasteiger partial charge in [0.1, 0.15) is 5.75 Å². The fourth-order valence-corrected chi connectivity index (χ4v) is 1.64. The molecule has 0 aliphatic heterocycles. The van der Waals surface area contributed by atoms with Gasteiger partial charge in [0.15, 0.2) is 0 Å². The molecule has 1 unspecified atom stereocenters. The molecule has 0 saturated heterocycles. The van der Waals surface area contributed by atoms with E-state index in [1.54, 1.807) is 12.1 Å². The van der Waals surface area contributed by atoms with Gasteiger partial charge in [0.2, 0.25) is 0 Å². The van der Waals surface area contributed by atoms with Crippen molar-refractivity contribution in [2.75, 3.05) is 6.54 Å². The molecule has 2 N–H and O–H groups in total. The van der Waals surface area contributed by atoms with E-state index in [1.807, 2.05) is 80.5 Å². The predicted octanol–water partition coefficient (Wildman–Crippen LogP) is 7.01. The highest BCUT2D eigenvalue weighted by atomic mass is 31.0. The molecule has 0 spiro atoms. The number of allylic oxidation sites excluding steroid dienone is 3. The number of rotatable bonds is 5. The van der Waals surface area contributed by atoms with E-state index in [0.717, 1.165) is 29.7 Å². The van der Waals surface area contributed by atoms with Gasteiger partial charge in [-0.25, -0.2) is 0 Å². The minimum absolute atomic E-state index is 0.356. The second kappa shape index (κ2) is 26.8. The molecular formula is C21H42NOP. The largest absolute Gasteiger partial charge is 0.508 e. The Labute approximate surface area is 154 Å². The molecule has 142 valence electrons. The number of hydrogen-bond acceptors (Lipinski definition) is 2. The first kappa shape index (κ1) is 30.7. The molecule has 24 heavy (non-hydrogen) atoms. The maximum absolute atomic E-state index is 9.85. The van der Waals surface area contributed by atoms with E-state index in [4.69, 9.17) is 0 Å². The van der Waals surface area contributed by atoms with E-state index in [2.05, 4.69) is 21.1 Å². The van der Waals surface area contributed by atoms with Crippen molar-refractivity contribution in [1.82, 2.24) is 5.09 Å². The van der Waals surface area contributed by atoms with Crippen LogP contribution in [0.1, 0.15) is 73.4 Å². The van der Waals surface area contributed by atoms with Gasteiger partial charge in [0.25, 0.3) is 0 Å². The van der Waals surface area contributed by atoms with Crippen LogP contribution in [0.2, 0.25) is 0 Å². The minimum Gasteiger partial charge on any atom is -0.508 e. The Kier molecular flexibility index (Phi) is 34.3. The van der Waals surface area contributed by atoms with Crippen LogP contribution in [0.15, 0.2) is 36.9 Å². The first-order valence-corrected chi connectivity index (χ1v) is 9.82. The standard InChI is InChI=1S/C13H18NOP.4C2H6/c1-3-4-10(2)12-6-5-11(7-8-14-16)13(15)9-12;4*1-2/h3-6,9,14-15H,1,7-8,16H2,2H3;4*1-2H3/b10-4+;;;;. The van der Waals surface area contributed by atoms with Gasteiger partial charge in [-0.2, -0.15) is 0 Å². The zero-order valence-corrected chi connectivity index (χ0v) is 18.7. The summed E-state index contributed by atoms with van der Waals surface area (Å²) in [4.78, 5) is 0. The highest BCUT2D eigenvalue weighted by molar-refractivity contribution is 7.13. The van der Waals surface area contributed by atoms with E-state index < -0.39 is 0 Å². The summed E-state index contributed by atoms with van der Waals surface area (Å²) in [7, 11) is 2.45. The number of phenols is 1. The second-order valence-corrected chi connectivity index (χ2v) is 4.04. The van der Waals surface area contributed by atoms with Crippen molar-refractivity contribution in [3.8, 4) is 5.75 Å². The molecule has 1 rings (SSSR count). The molecule has 1 aromatic carbocycles. The summed E-state index contributed by atoms with van der Waals surface area (Å²) >= 11 is 0. The topological polar surface area (TPSA) is 32.3 Å². The molecule has 3 heteroatoms. The van der Waals surface area contributed by atoms with Crippen molar-refractivity contribution in [2.45, 2.75) is 68.7 Å². The Morgan fingerprint density at radius 1 is 1.08 bits per heavy atom. The molecule has 0 aliphatic rings.